The molecule has 0 aliphatic carbocycles. The number of ketones is 1. The normalized spacial score (nSPS) is 42.1. The van der Waals surface area contributed by atoms with E-state index in [0.717, 1.165) is 0 Å². The first kappa shape index (κ1) is 17.7. The molecule has 8 N–H and O–H groups in total. The highest BCUT2D eigenvalue weighted by molar-refractivity contribution is 5.88. The molecule has 130 valence electrons. The van der Waals surface area contributed by atoms with E-state index in [0.29, 0.717) is 0 Å². The van der Waals surface area contributed by atoms with E-state index in [1.54, 1.807) is 0 Å². The van der Waals surface area contributed by atoms with Crippen LogP contribution in [0.25, 0.3) is 0 Å². The number of rotatable bonds is 6. The summed E-state index contributed by atoms with van der Waals surface area (Å²) in [6, 6.07) is 0. The molecular weight excluding hydrogens is 304 g/mol. The molecule has 10 nitrogen and oxygen atoms in total. The fraction of sp³-hybridized carbons (Fsp3) is 0.917. The first-order chi connectivity index (χ1) is 10.5. The second kappa shape index (κ2) is 7.73. The molecule has 1 saturated heterocycles. The first-order valence-electron chi connectivity index (χ1n) is 7.08. The summed E-state index contributed by atoms with van der Waals surface area (Å²) in [7, 11) is 0. The van der Waals surface area contributed by atoms with E-state index in [2.05, 4.69) is 0 Å². The molecule has 1 rings (SSSR count). The molecular formula is C12H22O10. The zero-order chi connectivity index (χ0) is 18.1. The first-order valence-corrected chi connectivity index (χ1v) is 6.58. The third-order valence-electron chi connectivity index (χ3n) is 3.50. The third-order valence-corrected chi connectivity index (χ3v) is 3.50. The SMILES string of the molecule is [2H]C1(C(=O)[C@H](O)[C@@H](O)[C@H](O)[C@H](O)CO)O[C@@H](C)[C@H](O)[C@@H](O)[C@H]1O. The van der Waals surface area contributed by atoms with Crippen molar-refractivity contribution in [3.8, 4) is 0 Å². The van der Waals surface area contributed by atoms with Gasteiger partial charge in [0.15, 0.2) is 5.78 Å². The molecule has 1 unspecified atom stereocenters. The average Bonchev–Trinajstić information content (AvgIpc) is 2.54. The Kier molecular flexibility index (Phi) is 6.20. The molecule has 9 atom stereocenters. The van der Waals surface area contributed by atoms with E-state index >= 15 is 0 Å². The van der Waals surface area contributed by atoms with E-state index in [9.17, 15) is 40.5 Å². The smallest absolute Gasteiger partial charge is 0.195 e. The van der Waals surface area contributed by atoms with E-state index in [1.807, 2.05) is 0 Å². The van der Waals surface area contributed by atoms with Gasteiger partial charge in [0.05, 0.1) is 14.1 Å². The van der Waals surface area contributed by atoms with Gasteiger partial charge in [-0.05, 0) is 6.92 Å². The Morgan fingerprint density at radius 3 is 2.14 bits per heavy atom. The summed E-state index contributed by atoms with van der Waals surface area (Å²) in [6.07, 6.45) is -18.6. The summed E-state index contributed by atoms with van der Waals surface area (Å²) in [5, 5.41) is 75.7. The molecule has 0 aromatic heterocycles. The lowest BCUT2D eigenvalue weighted by Crippen LogP contribution is -2.62. The Bertz CT molecular complexity index is 423. The van der Waals surface area contributed by atoms with Gasteiger partial charge in [-0.2, -0.15) is 0 Å². The van der Waals surface area contributed by atoms with Gasteiger partial charge in [0.2, 0.25) is 0 Å². The van der Waals surface area contributed by atoms with Gasteiger partial charge < -0.3 is 45.6 Å². The molecule has 1 fully saturated rings. The zero-order valence-corrected chi connectivity index (χ0v) is 11.7. The summed E-state index contributed by atoms with van der Waals surface area (Å²) >= 11 is 0. The molecule has 0 radical (unpaired) electrons. The lowest BCUT2D eigenvalue weighted by atomic mass is 9.89. The Balaban J connectivity index is 2.97. The highest BCUT2D eigenvalue weighted by atomic mass is 16.5. The molecule has 0 bridgehead atoms. The Morgan fingerprint density at radius 1 is 1.09 bits per heavy atom. The van der Waals surface area contributed by atoms with Crippen LogP contribution in [0.5, 0.6) is 0 Å². The Labute approximate surface area is 127 Å². The Hall–Kier alpha value is -0.690. The summed E-state index contributed by atoms with van der Waals surface area (Å²) in [6.45, 7) is 0.246. The molecule has 0 spiro atoms. The number of aliphatic hydroxyl groups is 8. The maximum atomic E-state index is 12.2. The van der Waals surface area contributed by atoms with Crippen LogP contribution in [0.1, 0.15) is 8.29 Å². The van der Waals surface area contributed by atoms with Crippen LogP contribution in [0.2, 0.25) is 0 Å². The minimum Gasteiger partial charge on any atom is -0.394 e. The van der Waals surface area contributed by atoms with E-state index in [1.165, 1.54) is 6.92 Å². The molecule has 0 aromatic carbocycles. The van der Waals surface area contributed by atoms with Gasteiger partial charge in [-0.25, -0.2) is 0 Å². The van der Waals surface area contributed by atoms with Crippen molar-refractivity contribution in [1.29, 1.82) is 0 Å². The number of hydrogen-bond acceptors (Lipinski definition) is 10. The number of carbonyl (C=O) groups excluding carboxylic acids is 1. The number of Topliss-reactive ketones (excluding diaryl/α,β-unsaturated/α-hetero) is 1. The molecule has 0 saturated carbocycles. The number of aliphatic hydroxyl groups excluding tert-OH is 8. The van der Waals surface area contributed by atoms with Crippen molar-refractivity contribution in [3.63, 3.8) is 0 Å². The predicted octanol–water partition coefficient (Wildman–Crippen LogP) is -5.14. The van der Waals surface area contributed by atoms with Gasteiger partial charge in [0.1, 0.15) is 48.8 Å². The quantitative estimate of drug-likeness (QED) is 0.234. The van der Waals surface area contributed by atoms with E-state index in [4.69, 9.17) is 11.2 Å². The fourth-order valence-corrected chi connectivity index (χ4v) is 1.99. The average molecular weight is 327 g/mol. The molecule has 1 heterocycles. The minimum atomic E-state index is -2.91. The fourth-order valence-electron chi connectivity index (χ4n) is 1.99. The molecule has 10 heteroatoms. The van der Waals surface area contributed by atoms with Gasteiger partial charge in [-0.15, -0.1) is 0 Å². The van der Waals surface area contributed by atoms with Crippen molar-refractivity contribution < 1.29 is 51.8 Å². The van der Waals surface area contributed by atoms with Crippen LogP contribution in [0, 0.1) is 0 Å². The van der Waals surface area contributed by atoms with Crippen LogP contribution >= 0.6 is 0 Å². The van der Waals surface area contributed by atoms with Crippen molar-refractivity contribution >= 4 is 5.78 Å². The predicted molar refractivity (Wildman–Crippen MR) is 68.5 cm³/mol. The number of hydrogen-bond donors (Lipinski definition) is 8. The van der Waals surface area contributed by atoms with Crippen molar-refractivity contribution in [1.82, 2.24) is 0 Å². The van der Waals surface area contributed by atoms with Gasteiger partial charge in [0.25, 0.3) is 0 Å². The molecule has 0 amide bonds. The third kappa shape index (κ3) is 3.79. The lowest BCUT2D eigenvalue weighted by Gasteiger charge is -2.39. The highest BCUT2D eigenvalue weighted by Crippen LogP contribution is 2.23. The summed E-state index contributed by atoms with van der Waals surface area (Å²) in [5.41, 5.74) is 0. The van der Waals surface area contributed by atoms with Crippen LogP contribution in [0.4, 0.5) is 0 Å². The number of ether oxygens (including phenoxy) is 1. The lowest BCUT2D eigenvalue weighted by molar-refractivity contribution is -0.221. The van der Waals surface area contributed by atoms with Gasteiger partial charge in [-0.3, -0.25) is 4.79 Å². The van der Waals surface area contributed by atoms with Gasteiger partial charge >= 0.3 is 0 Å². The van der Waals surface area contributed by atoms with Crippen LogP contribution < -0.4 is 0 Å². The summed E-state index contributed by atoms with van der Waals surface area (Å²) in [5.74, 6) is -1.60. The second-order valence-electron chi connectivity index (χ2n) is 5.15. The molecule has 1 aliphatic rings. The van der Waals surface area contributed by atoms with E-state index in [-0.39, 0.29) is 0 Å². The monoisotopic (exact) mass is 327 g/mol. The second-order valence-corrected chi connectivity index (χ2v) is 5.15. The minimum absolute atomic E-state index is 0.966. The topological polar surface area (TPSA) is 188 Å². The van der Waals surface area contributed by atoms with Crippen molar-refractivity contribution in [2.24, 2.45) is 0 Å². The molecule has 0 aromatic rings. The van der Waals surface area contributed by atoms with Crippen molar-refractivity contribution in [3.05, 3.63) is 0 Å². The Morgan fingerprint density at radius 2 is 1.64 bits per heavy atom. The summed E-state index contributed by atoms with van der Waals surface area (Å²) in [4.78, 5) is 12.2. The van der Waals surface area contributed by atoms with Crippen LogP contribution in [0.3, 0.4) is 0 Å². The molecule has 22 heavy (non-hydrogen) atoms. The van der Waals surface area contributed by atoms with Crippen molar-refractivity contribution in [2.75, 3.05) is 6.61 Å². The maximum Gasteiger partial charge on any atom is 0.195 e. The van der Waals surface area contributed by atoms with Crippen LogP contribution in [0.15, 0.2) is 0 Å². The molecule has 1 aliphatic heterocycles. The van der Waals surface area contributed by atoms with Crippen molar-refractivity contribution in [2.45, 2.75) is 61.8 Å². The van der Waals surface area contributed by atoms with Crippen LogP contribution in [-0.4, -0.2) is 108 Å². The zero-order valence-electron chi connectivity index (χ0n) is 12.7. The van der Waals surface area contributed by atoms with Gasteiger partial charge in [0, 0.05) is 0 Å². The maximum absolute atomic E-state index is 12.2. The largest absolute Gasteiger partial charge is 0.394 e. The van der Waals surface area contributed by atoms with Crippen LogP contribution in [-0.2, 0) is 9.53 Å². The standard InChI is InChI=1S/C12H22O10/c1-3-5(15)7(17)10(20)12(22-3)11(21)9(19)8(18)6(16)4(14)2-13/h3-10,12-20H,2H2,1H3/t3-,4+,5-,6+,7+,8-,9+,10+,12?/m0/s1/i12D. The van der Waals surface area contributed by atoms with E-state index < -0.39 is 67.3 Å². The number of carbonyl (C=O) groups is 1. The van der Waals surface area contributed by atoms with Gasteiger partial charge in [-0.1, -0.05) is 0 Å². The highest BCUT2D eigenvalue weighted by Gasteiger charge is 2.48. The summed E-state index contributed by atoms with van der Waals surface area (Å²) < 4.78 is 12.7.